The fraction of sp³-hybridized carbons (Fsp3) is 0.250. The summed E-state index contributed by atoms with van der Waals surface area (Å²) in [6.07, 6.45) is 2.23. The van der Waals surface area contributed by atoms with Crippen molar-refractivity contribution in [2.24, 2.45) is 7.05 Å². The zero-order chi connectivity index (χ0) is 13.8. The van der Waals surface area contributed by atoms with Gasteiger partial charge in [0.05, 0.1) is 5.02 Å². The Morgan fingerprint density at radius 2 is 2.32 bits per heavy atom. The summed E-state index contributed by atoms with van der Waals surface area (Å²) in [5.41, 5.74) is 0.560. The Labute approximate surface area is 124 Å². The minimum Gasteiger partial charge on any atom is -0.352 e. The molecule has 0 bridgehead atoms. The Hall–Kier alpha value is -1.40. The lowest BCUT2D eigenvalue weighted by molar-refractivity contribution is 0.0954. The lowest BCUT2D eigenvalue weighted by atomic mass is 10.2. The molecule has 5 nitrogen and oxygen atoms in total. The van der Waals surface area contributed by atoms with Crippen molar-refractivity contribution in [2.75, 3.05) is 6.54 Å². The number of amides is 1. The zero-order valence-electron chi connectivity index (χ0n) is 10.2. The summed E-state index contributed by atoms with van der Waals surface area (Å²) >= 11 is 9.16. The van der Waals surface area contributed by atoms with Gasteiger partial charge >= 0.3 is 0 Å². The summed E-state index contributed by atoms with van der Waals surface area (Å²) in [4.78, 5) is 16.0. The van der Waals surface area contributed by atoms with E-state index >= 15 is 0 Å². The molecule has 1 aromatic heterocycles. The van der Waals surface area contributed by atoms with Crippen molar-refractivity contribution in [1.82, 2.24) is 20.1 Å². The number of rotatable bonds is 4. The normalized spacial score (nSPS) is 10.5. The standard InChI is InChI=1S/C12H12BrClN4O/c1-18-7-16-11(17-18)4-5-15-12(19)8-2-3-10(14)9(13)6-8/h2-3,6-7H,4-5H2,1H3,(H,15,19). The first-order chi connectivity index (χ1) is 9.06. The van der Waals surface area contributed by atoms with Gasteiger partial charge in [-0.25, -0.2) is 4.98 Å². The molecule has 0 aliphatic heterocycles. The van der Waals surface area contributed by atoms with Crippen LogP contribution in [0.5, 0.6) is 0 Å². The molecule has 0 unspecified atom stereocenters. The van der Waals surface area contributed by atoms with Crippen LogP contribution in [-0.2, 0) is 13.5 Å². The number of hydrogen-bond donors (Lipinski definition) is 1. The molecule has 0 radical (unpaired) electrons. The molecule has 1 heterocycles. The summed E-state index contributed by atoms with van der Waals surface area (Å²) in [7, 11) is 1.81. The number of nitrogens with one attached hydrogen (secondary N) is 1. The van der Waals surface area contributed by atoms with Crippen molar-refractivity contribution in [3.05, 3.63) is 45.4 Å². The zero-order valence-corrected chi connectivity index (χ0v) is 12.6. The molecule has 7 heteroatoms. The largest absolute Gasteiger partial charge is 0.352 e. The van der Waals surface area contributed by atoms with E-state index < -0.39 is 0 Å². The molecule has 0 saturated heterocycles. The van der Waals surface area contributed by atoms with Crippen LogP contribution >= 0.6 is 27.5 Å². The quantitative estimate of drug-likeness (QED) is 0.926. The second-order valence-corrected chi connectivity index (χ2v) is 5.23. The molecule has 2 rings (SSSR count). The van der Waals surface area contributed by atoms with Crippen LogP contribution in [-0.4, -0.2) is 27.2 Å². The first-order valence-corrected chi connectivity index (χ1v) is 6.81. The van der Waals surface area contributed by atoms with Gasteiger partial charge in [-0.3, -0.25) is 9.48 Å². The molecule has 1 N–H and O–H groups in total. The lowest BCUT2D eigenvalue weighted by Crippen LogP contribution is -2.26. The highest BCUT2D eigenvalue weighted by molar-refractivity contribution is 9.10. The molecule has 0 spiro atoms. The summed E-state index contributed by atoms with van der Waals surface area (Å²) in [5.74, 6) is 0.563. The second kappa shape index (κ2) is 6.16. The lowest BCUT2D eigenvalue weighted by Gasteiger charge is -2.05. The minimum absolute atomic E-state index is 0.145. The molecule has 0 aliphatic carbocycles. The van der Waals surface area contributed by atoms with E-state index in [0.717, 1.165) is 0 Å². The van der Waals surface area contributed by atoms with E-state index in [4.69, 9.17) is 11.6 Å². The van der Waals surface area contributed by atoms with Crippen molar-refractivity contribution in [2.45, 2.75) is 6.42 Å². The number of aromatic nitrogens is 3. The highest BCUT2D eigenvalue weighted by Gasteiger charge is 2.07. The van der Waals surface area contributed by atoms with E-state index in [1.54, 1.807) is 36.3 Å². The van der Waals surface area contributed by atoms with Gasteiger partial charge in [-0.2, -0.15) is 5.10 Å². The molecule has 0 fully saturated rings. The first kappa shape index (κ1) is 14.0. The Morgan fingerprint density at radius 1 is 1.53 bits per heavy atom. The third-order valence-corrected chi connectivity index (χ3v) is 3.68. The fourth-order valence-corrected chi connectivity index (χ4v) is 2.02. The van der Waals surface area contributed by atoms with E-state index in [9.17, 15) is 4.79 Å². The van der Waals surface area contributed by atoms with Gasteiger partial charge in [0.2, 0.25) is 0 Å². The van der Waals surface area contributed by atoms with Crippen molar-refractivity contribution in [1.29, 1.82) is 0 Å². The third kappa shape index (κ3) is 3.78. The number of carbonyl (C=O) groups excluding carboxylic acids is 1. The molecule has 2 aromatic rings. The van der Waals surface area contributed by atoms with Crippen molar-refractivity contribution < 1.29 is 4.79 Å². The summed E-state index contributed by atoms with van der Waals surface area (Å²) < 4.78 is 2.33. The van der Waals surface area contributed by atoms with Crippen LogP contribution in [0, 0.1) is 0 Å². The number of hydrogen-bond acceptors (Lipinski definition) is 3. The minimum atomic E-state index is -0.145. The van der Waals surface area contributed by atoms with E-state index in [2.05, 4.69) is 31.3 Å². The Morgan fingerprint density at radius 3 is 2.95 bits per heavy atom. The monoisotopic (exact) mass is 342 g/mol. The molecular formula is C12H12BrClN4O. The van der Waals surface area contributed by atoms with Crippen LogP contribution in [0.4, 0.5) is 0 Å². The molecule has 0 aliphatic rings. The second-order valence-electron chi connectivity index (χ2n) is 3.97. The van der Waals surface area contributed by atoms with Crippen LogP contribution in [0.15, 0.2) is 29.0 Å². The number of benzene rings is 1. The van der Waals surface area contributed by atoms with Gasteiger partial charge in [-0.1, -0.05) is 11.6 Å². The number of halogens is 2. The van der Waals surface area contributed by atoms with Gasteiger partial charge in [0.1, 0.15) is 6.33 Å². The van der Waals surface area contributed by atoms with E-state index in [0.29, 0.717) is 33.8 Å². The van der Waals surface area contributed by atoms with E-state index in [1.807, 2.05) is 0 Å². The van der Waals surface area contributed by atoms with Crippen LogP contribution in [0.3, 0.4) is 0 Å². The average molecular weight is 344 g/mol. The van der Waals surface area contributed by atoms with E-state index in [1.165, 1.54) is 0 Å². The predicted octanol–water partition coefficient (Wildman–Crippen LogP) is 2.20. The highest BCUT2D eigenvalue weighted by Crippen LogP contribution is 2.23. The van der Waals surface area contributed by atoms with Gasteiger partial charge < -0.3 is 5.32 Å². The van der Waals surface area contributed by atoms with Crippen molar-refractivity contribution >= 4 is 33.4 Å². The SMILES string of the molecule is Cn1cnc(CCNC(=O)c2ccc(Cl)c(Br)c2)n1. The van der Waals surface area contributed by atoms with Gasteiger partial charge in [-0.15, -0.1) is 0 Å². The van der Waals surface area contributed by atoms with Gasteiger partial charge in [0, 0.05) is 30.0 Å². The highest BCUT2D eigenvalue weighted by atomic mass is 79.9. The van der Waals surface area contributed by atoms with E-state index in [-0.39, 0.29) is 5.91 Å². The average Bonchev–Trinajstić information content (AvgIpc) is 2.78. The van der Waals surface area contributed by atoms with Gasteiger partial charge in [0.15, 0.2) is 5.82 Å². The summed E-state index contributed by atoms with van der Waals surface area (Å²) in [5, 5.41) is 7.52. The molecule has 19 heavy (non-hydrogen) atoms. The topological polar surface area (TPSA) is 59.8 Å². The maximum Gasteiger partial charge on any atom is 0.251 e. The van der Waals surface area contributed by atoms with Crippen molar-refractivity contribution in [3.8, 4) is 0 Å². The van der Waals surface area contributed by atoms with Crippen LogP contribution in [0.25, 0.3) is 0 Å². The Kier molecular flexibility index (Phi) is 4.55. The summed E-state index contributed by atoms with van der Waals surface area (Å²) in [6, 6.07) is 5.05. The Balaban J connectivity index is 1.89. The molecule has 1 amide bonds. The van der Waals surface area contributed by atoms with Crippen LogP contribution in [0.1, 0.15) is 16.2 Å². The maximum atomic E-state index is 11.9. The van der Waals surface area contributed by atoms with Crippen molar-refractivity contribution in [3.63, 3.8) is 0 Å². The fourth-order valence-electron chi connectivity index (χ4n) is 1.53. The molecular weight excluding hydrogens is 332 g/mol. The number of aryl methyl sites for hydroxylation is 1. The summed E-state index contributed by atoms with van der Waals surface area (Å²) in [6.45, 7) is 0.489. The Bertz CT molecular complexity index is 599. The first-order valence-electron chi connectivity index (χ1n) is 5.64. The van der Waals surface area contributed by atoms with Crippen LogP contribution < -0.4 is 5.32 Å². The number of nitrogens with zero attached hydrogens (tertiary/aromatic N) is 3. The maximum absolute atomic E-state index is 11.9. The smallest absolute Gasteiger partial charge is 0.251 e. The molecule has 1 aromatic carbocycles. The number of carbonyl (C=O) groups is 1. The van der Waals surface area contributed by atoms with Gasteiger partial charge in [0.25, 0.3) is 5.91 Å². The molecule has 0 atom stereocenters. The third-order valence-electron chi connectivity index (χ3n) is 2.46. The van der Waals surface area contributed by atoms with Crippen LogP contribution in [0.2, 0.25) is 5.02 Å². The predicted molar refractivity (Wildman–Crippen MR) is 76.2 cm³/mol. The molecule has 100 valence electrons. The molecule has 0 saturated carbocycles. The van der Waals surface area contributed by atoms with Gasteiger partial charge in [-0.05, 0) is 34.1 Å².